The Hall–Kier alpha value is -2.32. The minimum atomic E-state index is -0.263. The maximum absolute atomic E-state index is 12.4. The average molecular weight is 330 g/mol. The fourth-order valence-electron chi connectivity index (χ4n) is 3.16. The van der Waals surface area contributed by atoms with Gasteiger partial charge in [0, 0.05) is 19.0 Å². The number of carbonyl (C=O) groups excluding carboxylic acids is 1. The average Bonchev–Trinajstić information content (AvgIpc) is 2.99. The summed E-state index contributed by atoms with van der Waals surface area (Å²) in [5.74, 6) is 0.656. The van der Waals surface area contributed by atoms with Crippen molar-refractivity contribution >= 4 is 25.0 Å². The number of H-pyrrole nitrogens is 1. The molecule has 0 aliphatic carbocycles. The zero-order chi connectivity index (χ0) is 17.5. The van der Waals surface area contributed by atoms with E-state index in [-0.39, 0.29) is 23.0 Å². The molecule has 2 aromatic rings. The summed E-state index contributed by atoms with van der Waals surface area (Å²) in [6.45, 7) is 7.35. The third-order valence-corrected chi connectivity index (χ3v) is 4.40. The first-order valence-electron chi connectivity index (χ1n) is 8.26. The fourth-order valence-corrected chi connectivity index (χ4v) is 3.16. The van der Waals surface area contributed by atoms with Crippen molar-refractivity contribution < 1.29 is 4.79 Å². The number of fused-ring (bicyclic) bond motifs is 1. The van der Waals surface area contributed by atoms with Gasteiger partial charge < -0.3 is 15.1 Å². The van der Waals surface area contributed by atoms with Crippen LogP contribution in [0.15, 0.2) is 11.0 Å². The number of rotatable bonds is 1. The van der Waals surface area contributed by atoms with Crippen molar-refractivity contribution in [1.82, 2.24) is 29.9 Å². The van der Waals surface area contributed by atoms with Crippen LogP contribution in [0.3, 0.4) is 0 Å². The molecule has 0 spiro atoms. The largest absolute Gasteiger partial charge is 0.388 e. The number of carbonyl (C=O) groups is 1. The highest BCUT2D eigenvalue weighted by molar-refractivity contribution is 6.13. The zero-order valence-corrected chi connectivity index (χ0v) is 14.6. The molecule has 8 nitrogen and oxygen atoms in total. The Bertz CT molecular complexity index is 821. The predicted molar refractivity (Wildman–Crippen MR) is 93.8 cm³/mol. The summed E-state index contributed by atoms with van der Waals surface area (Å²) in [5, 5.41) is 7.48. The van der Waals surface area contributed by atoms with E-state index in [2.05, 4.69) is 15.3 Å². The molecule has 1 aliphatic rings. The molecule has 0 aromatic carbocycles. The molecule has 0 bridgehead atoms. The second-order valence-electron chi connectivity index (χ2n) is 7.26. The molecule has 0 radical (unpaired) electrons. The minimum absolute atomic E-state index is 0.0245. The molecule has 0 saturated carbocycles. The van der Waals surface area contributed by atoms with Gasteiger partial charge in [-0.1, -0.05) is 0 Å². The first-order valence-corrected chi connectivity index (χ1v) is 8.26. The maximum atomic E-state index is 12.4. The van der Waals surface area contributed by atoms with Crippen LogP contribution in [0.5, 0.6) is 0 Å². The summed E-state index contributed by atoms with van der Waals surface area (Å²) in [6, 6.07) is -0.0946. The minimum Gasteiger partial charge on any atom is -0.388 e. The number of hydrogen-bond acceptors (Lipinski definition) is 4. The Morgan fingerprint density at radius 2 is 2.21 bits per heavy atom. The second-order valence-corrected chi connectivity index (χ2v) is 7.26. The summed E-state index contributed by atoms with van der Waals surface area (Å²) in [6.07, 6.45) is 3.35. The molecule has 2 amide bonds. The molecule has 1 aliphatic heterocycles. The number of hydrogen-bond donors (Lipinski definition) is 2. The van der Waals surface area contributed by atoms with Crippen molar-refractivity contribution in [2.45, 2.75) is 45.1 Å². The number of aromatic amines is 1. The van der Waals surface area contributed by atoms with Gasteiger partial charge in [-0.15, -0.1) is 0 Å². The quantitative estimate of drug-likeness (QED) is 0.736. The summed E-state index contributed by atoms with van der Waals surface area (Å²) in [4.78, 5) is 33.6. The molecule has 1 fully saturated rings. The molecule has 1 atom stereocenters. The van der Waals surface area contributed by atoms with Gasteiger partial charge in [0.25, 0.3) is 5.56 Å². The van der Waals surface area contributed by atoms with Crippen molar-refractivity contribution in [2.75, 3.05) is 13.1 Å². The summed E-state index contributed by atoms with van der Waals surface area (Å²) >= 11 is 0. The van der Waals surface area contributed by atoms with Gasteiger partial charge >= 0.3 is 6.03 Å². The third kappa shape index (κ3) is 2.90. The Morgan fingerprint density at radius 3 is 2.88 bits per heavy atom. The van der Waals surface area contributed by atoms with Gasteiger partial charge in [0.05, 0.1) is 11.7 Å². The number of nitrogens with one attached hydrogen (secondary N) is 2. The maximum Gasteiger partial charge on any atom is 0.304 e. The van der Waals surface area contributed by atoms with Crippen molar-refractivity contribution in [2.24, 2.45) is 0 Å². The normalized spacial score (nSPS) is 18.8. The number of aromatic nitrogens is 4. The van der Waals surface area contributed by atoms with Crippen LogP contribution in [0.1, 0.15) is 45.4 Å². The molecule has 24 heavy (non-hydrogen) atoms. The van der Waals surface area contributed by atoms with E-state index in [0.29, 0.717) is 23.4 Å². The lowest BCUT2D eigenvalue weighted by molar-refractivity contribution is 0.184. The number of nitrogens with zero attached hydrogens (tertiary/aromatic N) is 4. The van der Waals surface area contributed by atoms with Gasteiger partial charge in [0.1, 0.15) is 11.2 Å². The van der Waals surface area contributed by atoms with Crippen LogP contribution in [0.2, 0.25) is 0 Å². The van der Waals surface area contributed by atoms with E-state index in [1.54, 1.807) is 23.8 Å². The van der Waals surface area contributed by atoms with Gasteiger partial charge in [0.15, 0.2) is 5.65 Å². The molecule has 1 unspecified atom stereocenters. The van der Waals surface area contributed by atoms with E-state index in [1.807, 2.05) is 20.8 Å². The van der Waals surface area contributed by atoms with Crippen LogP contribution in [0, 0.1) is 0 Å². The smallest absolute Gasteiger partial charge is 0.304 e. The number of urea groups is 1. The Kier molecular flexibility index (Phi) is 4.10. The molecule has 3 heterocycles. The highest BCUT2D eigenvalue weighted by Crippen LogP contribution is 2.25. The van der Waals surface area contributed by atoms with Gasteiger partial charge in [-0.25, -0.2) is 9.67 Å². The van der Waals surface area contributed by atoms with Crippen LogP contribution in [0.4, 0.5) is 4.79 Å². The van der Waals surface area contributed by atoms with E-state index < -0.39 is 0 Å². The lowest BCUT2D eigenvalue weighted by Gasteiger charge is -2.32. The SMILES string of the molecule is BNC(=O)N1CCCC(c2nc3c(cnn3C(C)(C)C)c(=O)[nH]2)C1. The van der Waals surface area contributed by atoms with Crippen LogP contribution in [0.25, 0.3) is 11.0 Å². The Morgan fingerprint density at radius 1 is 1.46 bits per heavy atom. The molecular weight excluding hydrogens is 307 g/mol. The topological polar surface area (TPSA) is 95.9 Å². The van der Waals surface area contributed by atoms with E-state index in [9.17, 15) is 9.59 Å². The highest BCUT2D eigenvalue weighted by Gasteiger charge is 2.27. The molecule has 128 valence electrons. The van der Waals surface area contributed by atoms with Gasteiger partial charge in [-0.3, -0.25) is 9.59 Å². The van der Waals surface area contributed by atoms with Gasteiger partial charge in [-0.05, 0) is 33.6 Å². The van der Waals surface area contributed by atoms with Crippen molar-refractivity contribution in [3.8, 4) is 0 Å². The summed E-state index contributed by atoms with van der Waals surface area (Å²) in [7, 11) is 1.63. The lowest BCUT2D eigenvalue weighted by atomic mass is 9.97. The first kappa shape index (κ1) is 16.5. The highest BCUT2D eigenvalue weighted by atomic mass is 16.2. The summed E-state index contributed by atoms with van der Waals surface area (Å²) < 4.78 is 1.78. The van der Waals surface area contributed by atoms with Gasteiger partial charge in [-0.2, -0.15) is 5.10 Å². The zero-order valence-electron chi connectivity index (χ0n) is 14.6. The third-order valence-electron chi connectivity index (χ3n) is 4.40. The molecule has 2 N–H and O–H groups in total. The Balaban J connectivity index is 2.01. The second kappa shape index (κ2) is 5.96. The van der Waals surface area contributed by atoms with E-state index >= 15 is 0 Å². The molecular formula is C15H23BN6O2. The number of likely N-dealkylation sites (tertiary alicyclic amines) is 1. The van der Waals surface area contributed by atoms with Crippen LogP contribution in [-0.4, -0.2) is 51.8 Å². The van der Waals surface area contributed by atoms with E-state index in [4.69, 9.17) is 4.98 Å². The Labute approximate surface area is 141 Å². The van der Waals surface area contributed by atoms with Crippen LogP contribution >= 0.6 is 0 Å². The van der Waals surface area contributed by atoms with E-state index in [0.717, 1.165) is 19.4 Å². The predicted octanol–water partition coefficient (Wildman–Crippen LogP) is 0.312. The molecule has 3 rings (SSSR count). The molecule has 1 saturated heterocycles. The van der Waals surface area contributed by atoms with Crippen LogP contribution in [-0.2, 0) is 5.54 Å². The molecule has 2 aromatic heterocycles. The monoisotopic (exact) mass is 330 g/mol. The van der Waals surface area contributed by atoms with E-state index in [1.165, 1.54) is 0 Å². The lowest BCUT2D eigenvalue weighted by Crippen LogP contribution is -2.44. The summed E-state index contributed by atoms with van der Waals surface area (Å²) in [5.41, 5.74) is 0.154. The van der Waals surface area contributed by atoms with Gasteiger partial charge in [0.2, 0.25) is 7.98 Å². The first-order chi connectivity index (χ1) is 11.3. The van der Waals surface area contributed by atoms with Crippen LogP contribution < -0.4 is 10.8 Å². The molecule has 9 heteroatoms. The standard InChI is InChI=1S/C15H23BN6O2/c1-15(2,3)22-12-10(7-17-22)13(23)19-11(18-12)9-5-4-6-21(8-9)14(24)20-16/h7,9H,4-6,8,16H2,1-3H3,(H,20,24)(H,18,19,23). The fraction of sp³-hybridized carbons (Fsp3) is 0.600. The number of amides is 2. The van der Waals surface area contributed by atoms with Crippen molar-refractivity contribution in [3.63, 3.8) is 0 Å². The number of piperidine rings is 1. The van der Waals surface area contributed by atoms with Crippen molar-refractivity contribution in [3.05, 3.63) is 22.4 Å². The van der Waals surface area contributed by atoms with Crippen molar-refractivity contribution in [1.29, 1.82) is 0 Å².